The fraction of sp³-hybridized carbons (Fsp3) is 0.476. The van der Waals surface area contributed by atoms with E-state index in [1.807, 2.05) is 16.5 Å². The lowest BCUT2D eigenvalue weighted by molar-refractivity contribution is -0.125. The molecule has 5 rings (SSSR count). The quantitative estimate of drug-likeness (QED) is 0.714. The van der Waals surface area contributed by atoms with Gasteiger partial charge in [-0.15, -0.1) is 0 Å². The number of anilines is 2. The summed E-state index contributed by atoms with van der Waals surface area (Å²) in [6.45, 7) is 3.35. The van der Waals surface area contributed by atoms with Crippen molar-refractivity contribution in [2.75, 3.05) is 23.3 Å². The minimum absolute atomic E-state index is 0.0652. The first-order valence-electron chi connectivity index (χ1n) is 10.6. The first-order chi connectivity index (χ1) is 15.3. The van der Waals surface area contributed by atoms with Crippen LogP contribution in [0.25, 0.3) is 0 Å². The van der Waals surface area contributed by atoms with Gasteiger partial charge < -0.3 is 20.2 Å². The molecule has 1 aromatic carbocycles. The van der Waals surface area contributed by atoms with Gasteiger partial charge in [-0.3, -0.25) is 14.4 Å². The van der Waals surface area contributed by atoms with E-state index in [-0.39, 0.29) is 42.1 Å². The maximum Gasteiger partial charge on any atom is 0.322 e. The molecule has 0 saturated carbocycles. The monoisotopic (exact) mass is 462 g/mol. The van der Waals surface area contributed by atoms with Gasteiger partial charge in [0.05, 0.1) is 48.3 Å². The van der Waals surface area contributed by atoms with Crippen molar-refractivity contribution in [2.45, 2.75) is 51.2 Å². The van der Waals surface area contributed by atoms with Gasteiger partial charge in [0, 0.05) is 18.3 Å². The van der Waals surface area contributed by atoms with E-state index in [0.29, 0.717) is 30.9 Å². The van der Waals surface area contributed by atoms with Crippen LogP contribution in [0.15, 0.2) is 24.4 Å². The first-order valence-corrected chi connectivity index (χ1v) is 11.0. The molecular weight excluding hydrogens is 439 g/mol. The summed E-state index contributed by atoms with van der Waals surface area (Å²) in [7, 11) is 0. The van der Waals surface area contributed by atoms with Crippen LogP contribution < -0.4 is 10.2 Å². The van der Waals surface area contributed by atoms with E-state index in [9.17, 15) is 19.1 Å². The van der Waals surface area contributed by atoms with Gasteiger partial charge in [0.2, 0.25) is 5.91 Å². The van der Waals surface area contributed by atoms with Gasteiger partial charge in [-0.1, -0.05) is 11.6 Å². The van der Waals surface area contributed by atoms with Crippen molar-refractivity contribution in [3.63, 3.8) is 0 Å². The smallest absolute Gasteiger partial charge is 0.322 e. The molecule has 2 saturated heterocycles. The molecule has 3 amide bonds. The molecule has 11 heteroatoms. The highest BCUT2D eigenvalue weighted by Gasteiger charge is 2.42. The summed E-state index contributed by atoms with van der Waals surface area (Å²) in [5, 5.41) is 17.2. The minimum Gasteiger partial charge on any atom is -0.378 e. The van der Waals surface area contributed by atoms with Crippen molar-refractivity contribution >= 4 is 34.9 Å². The number of aliphatic hydroxyl groups excluding tert-OH is 1. The van der Waals surface area contributed by atoms with Gasteiger partial charge in [-0.25, -0.2) is 9.18 Å². The predicted octanol–water partition coefficient (Wildman–Crippen LogP) is 2.24. The van der Waals surface area contributed by atoms with E-state index in [1.54, 1.807) is 16.0 Å². The van der Waals surface area contributed by atoms with Crippen LogP contribution in [0.5, 0.6) is 0 Å². The van der Waals surface area contributed by atoms with E-state index < -0.39 is 12.0 Å². The van der Waals surface area contributed by atoms with Crippen molar-refractivity contribution in [1.29, 1.82) is 0 Å². The van der Waals surface area contributed by atoms with Crippen molar-refractivity contribution in [2.24, 2.45) is 0 Å². The molecule has 4 heterocycles. The number of aromatic nitrogens is 2. The van der Waals surface area contributed by atoms with Crippen LogP contribution in [0.1, 0.15) is 25.5 Å². The third-order valence-corrected chi connectivity index (χ3v) is 6.85. The van der Waals surface area contributed by atoms with Crippen LogP contribution >= 0.6 is 11.6 Å². The zero-order chi connectivity index (χ0) is 22.6. The molecule has 1 aromatic heterocycles. The van der Waals surface area contributed by atoms with Crippen molar-refractivity contribution in [3.05, 3.63) is 40.9 Å². The van der Waals surface area contributed by atoms with E-state index in [4.69, 9.17) is 11.6 Å². The summed E-state index contributed by atoms with van der Waals surface area (Å²) >= 11 is 5.82. The SMILES string of the molecule is C[C@H]1Cn2ncc(N3CC4CCC(O)N4CC3=O)c2CN1C(=O)Nc1ccc(F)c(Cl)c1. The molecule has 3 atom stereocenters. The Kier molecular flexibility index (Phi) is 5.31. The zero-order valence-corrected chi connectivity index (χ0v) is 18.3. The Bertz CT molecular complexity index is 1080. The Balaban J connectivity index is 1.35. The summed E-state index contributed by atoms with van der Waals surface area (Å²) in [4.78, 5) is 31.1. The van der Waals surface area contributed by atoms with Gasteiger partial charge in [-0.05, 0) is 38.0 Å². The zero-order valence-electron chi connectivity index (χ0n) is 17.5. The number of fused-ring (bicyclic) bond motifs is 2. The lowest BCUT2D eigenvalue weighted by atomic mass is 10.1. The molecule has 3 aliphatic heterocycles. The number of hydrogen-bond acceptors (Lipinski definition) is 5. The van der Waals surface area contributed by atoms with Crippen LogP contribution in [0.2, 0.25) is 5.02 Å². The van der Waals surface area contributed by atoms with E-state index >= 15 is 0 Å². The summed E-state index contributed by atoms with van der Waals surface area (Å²) < 4.78 is 15.3. The average molecular weight is 463 g/mol. The molecule has 2 N–H and O–H groups in total. The third kappa shape index (κ3) is 3.62. The fourth-order valence-electron chi connectivity index (χ4n) is 4.79. The normalized spacial score (nSPS) is 25.6. The van der Waals surface area contributed by atoms with E-state index in [2.05, 4.69) is 10.4 Å². The van der Waals surface area contributed by atoms with Gasteiger partial charge in [0.1, 0.15) is 12.0 Å². The number of carbonyl (C=O) groups is 2. The van der Waals surface area contributed by atoms with Gasteiger partial charge >= 0.3 is 6.03 Å². The lowest BCUT2D eigenvalue weighted by Gasteiger charge is -2.39. The summed E-state index contributed by atoms with van der Waals surface area (Å²) in [6, 6.07) is 3.67. The predicted molar refractivity (Wildman–Crippen MR) is 116 cm³/mol. The Morgan fingerprint density at radius 2 is 2.09 bits per heavy atom. The average Bonchev–Trinajstić information content (AvgIpc) is 3.32. The molecule has 0 bridgehead atoms. The molecule has 3 aliphatic rings. The second-order valence-corrected chi connectivity index (χ2v) is 8.99. The maximum absolute atomic E-state index is 13.4. The van der Waals surface area contributed by atoms with Crippen LogP contribution in [0, 0.1) is 5.82 Å². The highest BCUT2D eigenvalue weighted by Crippen LogP contribution is 2.33. The molecule has 2 unspecified atom stereocenters. The Morgan fingerprint density at radius 1 is 1.28 bits per heavy atom. The van der Waals surface area contributed by atoms with Crippen molar-refractivity contribution < 1.29 is 19.1 Å². The molecular formula is C21H24ClFN6O3. The number of urea groups is 1. The van der Waals surface area contributed by atoms with Gasteiger partial charge in [0.25, 0.3) is 0 Å². The van der Waals surface area contributed by atoms with E-state index in [0.717, 1.165) is 12.1 Å². The number of aliphatic hydroxyl groups is 1. The van der Waals surface area contributed by atoms with Crippen LogP contribution in [0.4, 0.5) is 20.6 Å². The Labute approximate surface area is 189 Å². The highest BCUT2D eigenvalue weighted by atomic mass is 35.5. The summed E-state index contributed by atoms with van der Waals surface area (Å²) in [5.74, 6) is -0.641. The van der Waals surface area contributed by atoms with E-state index in [1.165, 1.54) is 18.2 Å². The van der Waals surface area contributed by atoms with Crippen molar-refractivity contribution in [1.82, 2.24) is 19.6 Å². The molecule has 2 fully saturated rings. The third-order valence-electron chi connectivity index (χ3n) is 6.56. The number of nitrogens with zero attached hydrogens (tertiary/aromatic N) is 5. The Morgan fingerprint density at radius 3 is 2.88 bits per heavy atom. The Hall–Kier alpha value is -2.69. The number of halogens is 2. The minimum atomic E-state index is -0.563. The fourth-order valence-corrected chi connectivity index (χ4v) is 4.97. The molecule has 2 aromatic rings. The number of rotatable bonds is 2. The summed E-state index contributed by atoms with van der Waals surface area (Å²) in [5.41, 5.74) is 1.89. The lowest BCUT2D eigenvalue weighted by Crippen LogP contribution is -2.56. The second-order valence-electron chi connectivity index (χ2n) is 8.58. The van der Waals surface area contributed by atoms with Crippen LogP contribution in [0.3, 0.4) is 0 Å². The topological polar surface area (TPSA) is 93.9 Å². The second kappa shape index (κ2) is 8.02. The molecule has 0 aliphatic carbocycles. The molecule has 32 heavy (non-hydrogen) atoms. The summed E-state index contributed by atoms with van der Waals surface area (Å²) in [6.07, 6.45) is 2.62. The standard InChI is InChI=1S/C21H24ClFN6O3/c1-12-8-29-18(10-26(12)21(32)25-13-2-4-16(23)15(22)6-13)17(7-24-29)28-9-14-3-5-19(30)27(14)11-20(28)31/h2,4,6-7,12,14,19,30H,3,5,8-11H2,1H3,(H,25,32)/t12-,14?,19?/m0/s1. The molecule has 0 spiro atoms. The van der Waals surface area contributed by atoms with Gasteiger partial charge in [0.15, 0.2) is 0 Å². The number of nitrogens with one attached hydrogen (secondary N) is 1. The largest absolute Gasteiger partial charge is 0.378 e. The number of piperazine rings is 1. The number of hydrogen-bond donors (Lipinski definition) is 2. The van der Waals surface area contributed by atoms with Crippen LogP contribution in [-0.4, -0.2) is 68.0 Å². The van der Waals surface area contributed by atoms with Crippen molar-refractivity contribution in [3.8, 4) is 0 Å². The first kappa shape index (κ1) is 21.2. The van der Waals surface area contributed by atoms with Crippen LogP contribution in [-0.2, 0) is 17.9 Å². The maximum atomic E-state index is 13.4. The van der Waals surface area contributed by atoms with Gasteiger partial charge in [-0.2, -0.15) is 5.10 Å². The number of benzene rings is 1. The highest BCUT2D eigenvalue weighted by molar-refractivity contribution is 6.31. The molecule has 9 nitrogen and oxygen atoms in total. The molecule has 0 radical (unpaired) electrons. The molecule has 170 valence electrons. The number of amides is 3. The number of carbonyl (C=O) groups excluding carboxylic acids is 2.